The fourth-order valence-corrected chi connectivity index (χ4v) is 8.88. The minimum absolute atomic E-state index is 0.0126. The van der Waals surface area contributed by atoms with Crippen LogP contribution in [0.3, 0.4) is 0 Å². The van der Waals surface area contributed by atoms with Crippen LogP contribution in [-0.2, 0) is 11.8 Å². The van der Waals surface area contributed by atoms with Gasteiger partial charge in [0.15, 0.2) is 0 Å². The van der Waals surface area contributed by atoms with E-state index in [1.54, 1.807) is 0 Å². The van der Waals surface area contributed by atoms with Gasteiger partial charge in [0.05, 0.1) is 0 Å². The maximum atomic E-state index is 2.49. The second-order valence-electron chi connectivity index (χ2n) is 14.0. The monoisotopic (exact) mass is 598 g/mol. The van der Waals surface area contributed by atoms with Gasteiger partial charge in [0.2, 0.25) is 0 Å². The van der Waals surface area contributed by atoms with E-state index >= 15 is 0 Å². The first kappa shape index (κ1) is 26.7. The molecule has 6 aromatic rings. The third-order valence-corrected chi connectivity index (χ3v) is 11.2. The van der Waals surface area contributed by atoms with Gasteiger partial charge in [0, 0.05) is 11.3 Å². The van der Waals surface area contributed by atoms with Crippen LogP contribution in [-0.4, -0.2) is 0 Å². The van der Waals surface area contributed by atoms with Crippen molar-refractivity contribution in [3.05, 3.63) is 190 Å². The van der Waals surface area contributed by atoms with Crippen molar-refractivity contribution in [2.75, 3.05) is 0 Å². The highest BCUT2D eigenvalue weighted by atomic mass is 14.4. The highest BCUT2D eigenvalue weighted by molar-refractivity contribution is 5.97. The van der Waals surface area contributed by atoms with Crippen LogP contribution < -0.4 is 0 Å². The third kappa shape index (κ3) is 3.82. The molecule has 0 aromatic heterocycles. The minimum atomic E-state index is -0.0126. The molecule has 0 N–H and O–H groups in total. The van der Waals surface area contributed by atoms with Crippen LogP contribution in [0.25, 0.3) is 55.8 Å². The quantitative estimate of drug-likeness (QED) is 0.190. The molecule has 47 heavy (non-hydrogen) atoms. The molecule has 0 saturated heterocycles. The first-order valence-corrected chi connectivity index (χ1v) is 16.9. The molecular formula is C47H34. The topological polar surface area (TPSA) is 0 Å². The van der Waals surface area contributed by atoms with Crippen molar-refractivity contribution in [1.82, 2.24) is 0 Å². The number of benzene rings is 6. The summed E-state index contributed by atoms with van der Waals surface area (Å²) < 4.78 is 0. The van der Waals surface area contributed by atoms with Crippen LogP contribution in [0.15, 0.2) is 157 Å². The van der Waals surface area contributed by atoms with E-state index in [9.17, 15) is 0 Å². The van der Waals surface area contributed by atoms with Gasteiger partial charge in [0.1, 0.15) is 0 Å². The Hall–Kier alpha value is -5.46. The number of hydrogen-bond acceptors (Lipinski definition) is 0. The molecule has 4 aliphatic carbocycles. The summed E-state index contributed by atoms with van der Waals surface area (Å²) in [6.45, 7) is 4.74. The van der Waals surface area contributed by atoms with Crippen molar-refractivity contribution in [3.63, 3.8) is 0 Å². The molecule has 0 radical (unpaired) electrons. The molecule has 0 fully saturated rings. The predicted octanol–water partition coefficient (Wildman–Crippen LogP) is 12.1. The van der Waals surface area contributed by atoms with Crippen molar-refractivity contribution >= 4 is 22.4 Å². The minimum Gasteiger partial charge on any atom is -0.0753 e. The van der Waals surface area contributed by atoms with E-state index in [1.165, 1.54) is 94.3 Å². The van der Waals surface area contributed by atoms with Crippen LogP contribution in [0.4, 0.5) is 0 Å². The second kappa shape index (κ2) is 9.77. The lowest BCUT2D eigenvalue weighted by atomic mass is 9.67. The molecule has 0 spiro atoms. The average molecular weight is 599 g/mol. The molecule has 1 atom stereocenters. The van der Waals surface area contributed by atoms with E-state index in [0.717, 1.165) is 6.42 Å². The fraction of sp³-hybridized carbons (Fsp3) is 0.106. The van der Waals surface area contributed by atoms with Gasteiger partial charge in [-0.2, -0.15) is 0 Å². The van der Waals surface area contributed by atoms with Gasteiger partial charge in [-0.05, 0) is 107 Å². The summed E-state index contributed by atoms with van der Waals surface area (Å²) >= 11 is 0. The van der Waals surface area contributed by atoms with Gasteiger partial charge in [-0.25, -0.2) is 0 Å². The molecule has 0 aliphatic heterocycles. The van der Waals surface area contributed by atoms with E-state index in [0.29, 0.717) is 0 Å². The van der Waals surface area contributed by atoms with Crippen molar-refractivity contribution in [3.8, 4) is 33.4 Å². The number of fused-ring (bicyclic) bond motifs is 4. The van der Waals surface area contributed by atoms with Gasteiger partial charge in [0.25, 0.3) is 0 Å². The summed E-state index contributed by atoms with van der Waals surface area (Å²) in [6.07, 6.45) is 12.9. The lowest BCUT2D eigenvalue weighted by Gasteiger charge is -2.36. The zero-order chi connectivity index (χ0) is 31.3. The highest BCUT2D eigenvalue weighted by Crippen LogP contribution is 2.53. The van der Waals surface area contributed by atoms with E-state index in [4.69, 9.17) is 0 Å². The van der Waals surface area contributed by atoms with Crippen LogP contribution in [0.5, 0.6) is 0 Å². The van der Waals surface area contributed by atoms with Gasteiger partial charge < -0.3 is 0 Å². The van der Waals surface area contributed by atoms with E-state index in [1.807, 2.05) is 0 Å². The normalized spacial score (nSPS) is 17.7. The molecule has 0 heterocycles. The Morgan fingerprint density at radius 1 is 0.574 bits per heavy atom. The van der Waals surface area contributed by atoms with Gasteiger partial charge in [-0.3, -0.25) is 0 Å². The summed E-state index contributed by atoms with van der Waals surface area (Å²) in [7, 11) is 0. The highest BCUT2D eigenvalue weighted by Gasteiger charge is 2.37. The van der Waals surface area contributed by atoms with Crippen LogP contribution in [0.2, 0.25) is 0 Å². The number of hydrogen-bond donors (Lipinski definition) is 0. The summed E-state index contributed by atoms with van der Waals surface area (Å²) in [4.78, 5) is 0. The molecule has 0 nitrogen and oxygen atoms in total. The lowest BCUT2D eigenvalue weighted by molar-refractivity contribution is 0.660. The number of rotatable bonds is 3. The largest absolute Gasteiger partial charge is 0.0753 e. The van der Waals surface area contributed by atoms with Crippen molar-refractivity contribution < 1.29 is 0 Å². The molecule has 222 valence electrons. The average Bonchev–Trinajstić information content (AvgIpc) is 3.36. The molecule has 10 rings (SSSR count). The molecule has 6 aromatic carbocycles. The Balaban J connectivity index is 1.04. The maximum Gasteiger partial charge on any atom is 0.0352 e. The van der Waals surface area contributed by atoms with Crippen LogP contribution in [0, 0.1) is 0 Å². The zero-order valence-electron chi connectivity index (χ0n) is 26.7. The number of allylic oxidation sites excluding steroid dienone is 7. The van der Waals surface area contributed by atoms with Crippen molar-refractivity contribution in [1.29, 1.82) is 0 Å². The zero-order valence-corrected chi connectivity index (χ0v) is 26.7. The summed E-state index contributed by atoms with van der Waals surface area (Å²) in [5.74, 6) is 0.270. The Labute approximate surface area is 276 Å². The summed E-state index contributed by atoms with van der Waals surface area (Å²) in [5.41, 5.74) is 20.6. The maximum absolute atomic E-state index is 2.49. The Morgan fingerprint density at radius 3 is 2.21 bits per heavy atom. The van der Waals surface area contributed by atoms with Crippen LogP contribution in [0.1, 0.15) is 53.1 Å². The molecular weight excluding hydrogens is 565 g/mol. The van der Waals surface area contributed by atoms with E-state index in [-0.39, 0.29) is 11.3 Å². The summed E-state index contributed by atoms with van der Waals surface area (Å²) in [6, 6.07) is 45.3. The molecule has 0 amide bonds. The van der Waals surface area contributed by atoms with Gasteiger partial charge in [-0.15, -0.1) is 0 Å². The molecule has 0 heteroatoms. The predicted molar refractivity (Wildman–Crippen MR) is 198 cm³/mol. The van der Waals surface area contributed by atoms with Gasteiger partial charge in [-0.1, -0.05) is 159 Å². The molecule has 0 bridgehead atoms. The SMILES string of the molecule is CC1(C)c2ccccc2-c2ccc(-c3ccc4c5c3C=CC3=CC=C(c6ccc(-c7cccc8ccccc78)cc6)C(=CC4)C35)cc21. The van der Waals surface area contributed by atoms with Crippen molar-refractivity contribution in [2.24, 2.45) is 0 Å². The van der Waals surface area contributed by atoms with Crippen molar-refractivity contribution in [2.45, 2.75) is 31.6 Å². The smallest absolute Gasteiger partial charge is 0.0352 e. The fourth-order valence-electron chi connectivity index (χ4n) is 8.88. The standard InChI is InChI=1S/C47H34/c1-47(2)43-13-6-5-11-39(43)40-25-22-34(28-44(40)47)38-24-19-33-20-26-41-37(23-18-32-21-27-42(38)46(33)45(32)41)31-16-14-30(15-17-31)36-12-7-9-29-8-3-4-10-35(29)36/h3-19,21-28,45H,20H2,1-2H3. The van der Waals surface area contributed by atoms with E-state index < -0.39 is 0 Å². The molecule has 1 unspecified atom stereocenters. The van der Waals surface area contributed by atoms with E-state index in [2.05, 4.69) is 166 Å². The first-order chi connectivity index (χ1) is 23.1. The Kier molecular flexibility index (Phi) is 5.56. The Bertz CT molecular complexity index is 2430. The third-order valence-electron chi connectivity index (χ3n) is 11.2. The summed E-state index contributed by atoms with van der Waals surface area (Å²) in [5, 5.41) is 2.58. The Morgan fingerprint density at radius 2 is 1.30 bits per heavy atom. The first-order valence-electron chi connectivity index (χ1n) is 16.9. The lowest BCUT2D eigenvalue weighted by Crippen LogP contribution is -2.20. The van der Waals surface area contributed by atoms with Gasteiger partial charge >= 0.3 is 0 Å². The molecule has 4 aliphatic rings. The van der Waals surface area contributed by atoms with Crippen LogP contribution >= 0.6 is 0 Å². The second-order valence-corrected chi connectivity index (χ2v) is 14.0. The molecule has 0 saturated carbocycles.